The lowest BCUT2D eigenvalue weighted by Gasteiger charge is -2.15. The van der Waals surface area contributed by atoms with Gasteiger partial charge in [0, 0.05) is 6.54 Å². The summed E-state index contributed by atoms with van der Waals surface area (Å²) in [5, 5.41) is 12.1. The molecule has 1 aromatic carbocycles. The van der Waals surface area contributed by atoms with Gasteiger partial charge in [0.2, 0.25) is 0 Å². The highest BCUT2D eigenvalue weighted by molar-refractivity contribution is 5.85. The van der Waals surface area contributed by atoms with Gasteiger partial charge >= 0.3 is 0 Å². The van der Waals surface area contributed by atoms with Crippen LogP contribution in [-0.2, 0) is 0 Å². The van der Waals surface area contributed by atoms with Gasteiger partial charge in [0.25, 0.3) is 0 Å². The molecule has 1 aliphatic rings. The van der Waals surface area contributed by atoms with Crippen molar-refractivity contribution in [1.82, 2.24) is 5.32 Å². The molecule has 0 aromatic heterocycles. The maximum absolute atomic E-state index is 12.9. The van der Waals surface area contributed by atoms with Crippen molar-refractivity contribution in [2.24, 2.45) is 0 Å². The van der Waals surface area contributed by atoms with Gasteiger partial charge < -0.3 is 5.32 Å². The third kappa shape index (κ3) is 2.60. The molecular weight excluding hydrogens is 227 g/mol. The summed E-state index contributed by atoms with van der Waals surface area (Å²) < 4.78 is 12.9. The minimum atomic E-state index is -0.357. The third-order valence-electron chi connectivity index (χ3n) is 2.51. The van der Waals surface area contributed by atoms with E-state index in [-0.39, 0.29) is 18.2 Å². The average molecular weight is 239 g/mol. The van der Waals surface area contributed by atoms with Crippen LogP contribution in [0.15, 0.2) is 24.3 Å². The standard InChI is InChI=1S/C12H11FN2.ClH/c13-11-1-2-12(10(7-11)8-14)9-3-5-15-6-4-9;/h1-3,7,15H,4-6H2;1H. The highest BCUT2D eigenvalue weighted by Gasteiger charge is 2.10. The summed E-state index contributed by atoms with van der Waals surface area (Å²) in [6, 6.07) is 6.41. The molecule has 4 heteroatoms. The molecule has 0 unspecified atom stereocenters. The van der Waals surface area contributed by atoms with Gasteiger partial charge in [0.05, 0.1) is 11.6 Å². The lowest BCUT2D eigenvalue weighted by molar-refractivity contribution is 0.627. The van der Waals surface area contributed by atoms with Crippen LogP contribution in [-0.4, -0.2) is 13.1 Å². The minimum Gasteiger partial charge on any atom is -0.313 e. The van der Waals surface area contributed by atoms with Crippen molar-refractivity contribution in [3.63, 3.8) is 0 Å². The van der Waals surface area contributed by atoms with Gasteiger partial charge in [-0.15, -0.1) is 12.4 Å². The van der Waals surface area contributed by atoms with E-state index in [1.807, 2.05) is 6.07 Å². The van der Waals surface area contributed by atoms with Gasteiger partial charge in [-0.25, -0.2) is 4.39 Å². The molecule has 84 valence electrons. The van der Waals surface area contributed by atoms with Crippen molar-refractivity contribution < 1.29 is 4.39 Å². The molecule has 0 fully saturated rings. The highest BCUT2D eigenvalue weighted by Crippen LogP contribution is 2.23. The summed E-state index contributed by atoms with van der Waals surface area (Å²) in [5.74, 6) is -0.357. The predicted octanol–water partition coefficient (Wildman–Crippen LogP) is 2.50. The van der Waals surface area contributed by atoms with Crippen LogP contribution in [0.3, 0.4) is 0 Å². The van der Waals surface area contributed by atoms with Gasteiger partial charge in [-0.3, -0.25) is 0 Å². The average Bonchev–Trinajstić information content (AvgIpc) is 2.30. The fraction of sp³-hybridized carbons (Fsp3) is 0.250. The van der Waals surface area contributed by atoms with Crippen LogP contribution in [0, 0.1) is 17.1 Å². The van der Waals surface area contributed by atoms with Gasteiger partial charge in [-0.2, -0.15) is 5.26 Å². The molecule has 2 nitrogen and oxygen atoms in total. The molecule has 0 aliphatic carbocycles. The van der Waals surface area contributed by atoms with Crippen LogP contribution in [0.2, 0.25) is 0 Å². The number of halogens is 2. The molecule has 0 atom stereocenters. The number of nitrogens with zero attached hydrogens (tertiary/aromatic N) is 1. The number of hydrogen-bond donors (Lipinski definition) is 1. The van der Waals surface area contributed by atoms with Crippen molar-refractivity contribution in [2.45, 2.75) is 6.42 Å². The van der Waals surface area contributed by atoms with Gasteiger partial charge in [0.1, 0.15) is 5.82 Å². The zero-order valence-corrected chi connectivity index (χ0v) is 9.48. The molecule has 1 heterocycles. The predicted molar refractivity (Wildman–Crippen MR) is 63.8 cm³/mol. The fourth-order valence-corrected chi connectivity index (χ4v) is 1.76. The first-order valence-electron chi connectivity index (χ1n) is 4.91. The molecule has 0 amide bonds. The van der Waals surface area contributed by atoms with Crippen LogP contribution in [0.5, 0.6) is 0 Å². The Balaban J connectivity index is 0.00000128. The number of nitrogens with one attached hydrogen (secondary N) is 1. The Kier molecular flexibility index (Phi) is 4.48. The van der Waals surface area contributed by atoms with Crippen LogP contribution < -0.4 is 5.32 Å². The molecule has 0 radical (unpaired) electrons. The lowest BCUT2D eigenvalue weighted by Crippen LogP contribution is -2.20. The summed E-state index contributed by atoms with van der Waals surface area (Å²) in [6.07, 6.45) is 2.94. The van der Waals surface area contributed by atoms with E-state index in [0.717, 1.165) is 30.6 Å². The highest BCUT2D eigenvalue weighted by atomic mass is 35.5. The van der Waals surface area contributed by atoms with Crippen LogP contribution in [0.25, 0.3) is 5.57 Å². The largest absolute Gasteiger partial charge is 0.313 e. The van der Waals surface area contributed by atoms with E-state index < -0.39 is 0 Å². The summed E-state index contributed by atoms with van der Waals surface area (Å²) in [6.45, 7) is 1.73. The number of rotatable bonds is 1. The normalized spacial score (nSPS) is 14.6. The van der Waals surface area contributed by atoms with E-state index in [4.69, 9.17) is 5.26 Å². The monoisotopic (exact) mass is 238 g/mol. The molecule has 0 bridgehead atoms. The second kappa shape index (κ2) is 5.64. The molecule has 2 rings (SSSR count). The Hall–Kier alpha value is -1.37. The van der Waals surface area contributed by atoms with Gasteiger partial charge in [0.15, 0.2) is 0 Å². The van der Waals surface area contributed by atoms with E-state index in [1.165, 1.54) is 12.1 Å². The first-order chi connectivity index (χ1) is 7.31. The van der Waals surface area contributed by atoms with E-state index in [0.29, 0.717) is 5.56 Å². The van der Waals surface area contributed by atoms with Crippen molar-refractivity contribution >= 4 is 18.0 Å². The van der Waals surface area contributed by atoms with E-state index in [9.17, 15) is 4.39 Å². The Morgan fingerprint density at radius 1 is 1.38 bits per heavy atom. The zero-order chi connectivity index (χ0) is 10.7. The van der Waals surface area contributed by atoms with Crippen LogP contribution in [0.4, 0.5) is 4.39 Å². The first-order valence-corrected chi connectivity index (χ1v) is 4.91. The topological polar surface area (TPSA) is 35.8 Å². The van der Waals surface area contributed by atoms with Gasteiger partial charge in [-0.1, -0.05) is 12.1 Å². The summed E-state index contributed by atoms with van der Waals surface area (Å²) >= 11 is 0. The first kappa shape index (κ1) is 12.7. The maximum Gasteiger partial charge on any atom is 0.124 e. The van der Waals surface area contributed by atoms with Crippen molar-refractivity contribution in [3.8, 4) is 6.07 Å². The lowest BCUT2D eigenvalue weighted by atomic mass is 9.96. The van der Waals surface area contributed by atoms with Crippen molar-refractivity contribution in [1.29, 1.82) is 5.26 Å². The smallest absolute Gasteiger partial charge is 0.124 e. The molecule has 0 saturated carbocycles. The maximum atomic E-state index is 12.9. The Bertz CT molecular complexity index is 449. The Morgan fingerprint density at radius 3 is 2.81 bits per heavy atom. The molecule has 1 aliphatic heterocycles. The van der Waals surface area contributed by atoms with Crippen molar-refractivity contribution in [2.75, 3.05) is 13.1 Å². The van der Waals surface area contributed by atoms with Crippen LogP contribution in [0.1, 0.15) is 17.5 Å². The minimum absolute atomic E-state index is 0. The number of benzene rings is 1. The molecule has 16 heavy (non-hydrogen) atoms. The third-order valence-corrected chi connectivity index (χ3v) is 2.51. The number of nitriles is 1. The number of hydrogen-bond acceptors (Lipinski definition) is 2. The Morgan fingerprint density at radius 2 is 2.19 bits per heavy atom. The molecule has 0 saturated heterocycles. The summed E-state index contributed by atoms with van der Waals surface area (Å²) in [5.41, 5.74) is 2.41. The zero-order valence-electron chi connectivity index (χ0n) is 8.66. The molecular formula is C12H12ClFN2. The van der Waals surface area contributed by atoms with E-state index in [1.54, 1.807) is 6.07 Å². The van der Waals surface area contributed by atoms with E-state index >= 15 is 0 Å². The Labute approximate surface area is 100 Å². The van der Waals surface area contributed by atoms with E-state index in [2.05, 4.69) is 11.4 Å². The molecule has 1 aromatic rings. The fourth-order valence-electron chi connectivity index (χ4n) is 1.76. The van der Waals surface area contributed by atoms with Crippen molar-refractivity contribution in [3.05, 3.63) is 41.2 Å². The second-order valence-electron chi connectivity index (χ2n) is 3.49. The SMILES string of the molecule is Cl.N#Cc1cc(F)ccc1C1=CCNCC1. The van der Waals surface area contributed by atoms with Gasteiger partial charge in [-0.05, 0) is 36.2 Å². The quantitative estimate of drug-likeness (QED) is 0.816. The molecule has 1 N–H and O–H groups in total. The summed E-state index contributed by atoms with van der Waals surface area (Å²) in [4.78, 5) is 0. The van der Waals surface area contributed by atoms with Crippen LogP contribution >= 0.6 is 12.4 Å². The summed E-state index contributed by atoms with van der Waals surface area (Å²) in [7, 11) is 0. The molecule has 0 spiro atoms. The second-order valence-corrected chi connectivity index (χ2v) is 3.49.